The Morgan fingerprint density at radius 2 is 2.06 bits per heavy atom. The van der Waals surface area contributed by atoms with Gasteiger partial charge in [0.1, 0.15) is 5.69 Å². The first kappa shape index (κ1) is 10.7. The summed E-state index contributed by atoms with van der Waals surface area (Å²) >= 11 is 0. The number of anilines is 1. The number of Topliss-reactive ketones (excluding diaryl/α,β-unsaturated/α-hetero) is 1. The number of carbonyl (C=O) groups is 1. The largest absolute Gasteiger partial charge is 0.343 e. The van der Waals surface area contributed by atoms with Crippen molar-refractivity contribution in [2.45, 2.75) is 5.66 Å². The highest BCUT2D eigenvalue weighted by Gasteiger charge is 2.41. The van der Waals surface area contributed by atoms with Crippen molar-refractivity contribution in [2.24, 2.45) is 10.7 Å². The summed E-state index contributed by atoms with van der Waals surface area (Å²) in [6.45, 7) is 0. The number of rotatable bonds is 2. The maximum atomic E-state index is 12.5. The second-order valence-electron chi connectivity index (χ2n) is 3.99. The van der Waals surface area contributed by atoms with Gasteiger partial charge < -0.3 is 10.3 Å². The molecule has 2 aromatic rings. The molecule has 6 nitrogen and oxygen atoms in total. The number of aromatic amines is 1. The number of imidazole rings is 1. The predicted molar refractivity (Wildman–Crippen MR) is 67.3 cm³/mol. The Hall–Kier alpha value is -2.47. The van der Waals surface area contributed by atoms with Crippen LogP contribution in [-0.2, 0) is 5.66 Å². The van der Waals surface area contributed by atoms with Crippen molar-refractivity contribution in [3.63, 3.8) is 0 Å². The van der Waals surface area contributed by atoms with Crippen LogP contribution in [0.5, 0.6) is 0 Å². The molecule has 1 unspecified atom stereocenters. The zero-order valence-corrected chi connectivity index (χ0v) is 9.42. The highest BCUT2D eigenvalue weighted by atomic mass is 16.1. The summed E-state index contributed by atoms with van der Waals surface area (Å²) in [6.07, 6.45) is 2.87. The lowest BCUT2D eigenvalue weighted by atomic mass is 9.95. The van der Waals surface area contributed by atoms with E-state index in [9.17, 15) is 4.79 Å². The normalized spacial score (nSPS) is 21.2. The molecule has 0 amide bonds. The molecule has 4 N–H and O–H groups in total. The molecule has 1 aliphatic rings. The van der Waals surface area contributed by atoms with E-state index in [1.54, 1.807) is 24.3 Å². The van der Waals surface area contributed by atoms with Crippen molar-refractivity contribution >= 4 is 17.9 Å². The smallest absolute Gasteiger partial charge is 0.217 e. The highest BCUT2D eigenvalue weighted by Crippen LogP contribution is 2.30. The molecule has 0 spiro atoms. The number of hydrogen-bond acceptors (Lipinski definition) is 5. The summed E-state index contributed by atoms with van der Waals surface area (Å²) in [6, 6.07) is 8.84. The zero-order chi connectivity index (χ0) is 12.6. The van der Waals surface area contributed by atoms with Crippen molar-refractivity contribution in [3.05, 3.63) is 47.9 Å². The van der Waals surface area contributed by atoms with Gasteiger partial charge >= 0.3 is 0 Å². The number of benzene rings is 1. The third kappa shape index (κ3) is 1.43. The van der Waals surface area contributed by atoms with Crippen molar-refractivity contribution in [2.75, 3.05) is 5.32 Å². The van der Waals surface area contributed by atoms with Crippen LogP contribution in [0.15, 0.2) is 41.7 Å². The molecule has 2 heterocycles. The minimum atomic E-state index is -1.45. The summed E-state index contributed by atoms with van der Waals surface area (Å²) in [5.74, 6) is 0.253. The quantitative estimate of drug-likeness (QED) is 0.679. The first-order chi connectivity index (χ1) is 8.72. The summed E-state index contributed by atoms with van der Waals surface area (Å²) < 4.78 is 0. The van der Waals surface area contributed by atoms with Gasteiger partial charge in [0.25, 0.3) is 0 Å². The van der Waals surface area contributed by atoms with Gasteiger partial charge in [-0.1, -0.05) is 30.3 Å². The average molecular weight is 241 g/mol. The molecule has 1 aromatic carbocycles. The van der Waals surface area contributed by atoms with Gasteiger partial charge in [0.2, 0.25) is 11.4 Å². The second kappa shape index (κ2) is 3.78. The number of H-pyrrole nitrogens is 1. The molecule has 0 saturated carbocycles. The average Bonchev–Trinajstić information content (AvgIpc) is 2.89. The summed E-state index contributed by atoms with van der Waals surface area (Å²) in [7, 11) is 0. The molecule has 1 aliphatic heterocycles. The van der Waals surface area contributed by atoms with E-state index in [1.807, 2.05) is 6.07 Å². The fraction of sp³-hybridized carbons (Fsp3) is 0.0833. The van der Waals surface area contributed by atoms with Crippen LogP contribution in [0.25, 0.3) is 0 Å². The van der Waals surface area contributed by atoms with Gasteiger partial charge in [0.05, 0.1) is 12.7 Å². The van der Waals surface area contributed by atoms with Crippen molar-refractivity contribution < 1.29 is 4.79 Å². The van der Waals surface area contributed by atoms with Crippen LogP contribution in [0, 0.1) is 0 Å². The Kier molecular flexibility index (Phi) is 2.24. The molecule has 0 bridgehead atoms. The fourth-order valence-electron chi connectivity index (χ4n) is 1.94. The fourth-order valence-corrected chi connectivity index (χ4v) is 1.94. The van der Waals surface area contributed by atoms with Gasteiger partial charge in [-0.2, -0.15) is 0 Å². The number of aliphatic imine (C=N–C) groups is 1. The Balaban J connectivity index is 2.09. The van der Waals surface area contributed by atoms with Gasteiger partial charge in [0, 0.05) is 5.56 Å². The van der Waals surface area contributed by atoms with E-state index < -0.39 is 5.66 Å². The molecule has 0 radical (unpaired) electrons. The third-order valence-electron chi connectivity index (χ3n) is 2.87. The lowest BCUT2D eigenvalue weighted by molar-refractivity contribution is 0.0889. The Morgan fingerprint density at radius 3 is 2.83 bits per heavy atom. The van der Waals surface area contributed by atoms with Gasteiger partial charge in [0.15, 0.2) is 5.82 Å². The number of nitrogens with two attached hydrogens (primary N) is 1. The first-order valence-electron chi connectivity index (χ1n) is 5.44. The van der Waals surface area contributed by atoms with E-state index in [0.717, 1.165) is 0 Å². The number of aromatic nitrogens is 2. The highest BCUT2D eigenvalue weighted by molar-refractivity contribution is 6.05. The number of ketones is 1. The summed E-state index contributed by atoms with van der Waals surface area (Å²) in [5, 5.41) is 2.84. The lowest BCUT2D eigenvalue weighted by Crippen LogP contribution is -2.46. The number of carbonyl (C=O) groups excluding carboxylic acids is 1. The molecule has 0 fully saturated rings. The zero-order valence-electron chi connectivity index (χ0n) is 9.42. The van der Waals surface area contributed by atoms with Gasteiger partial charge in [-0.15, -0.1) is 0 Å². The van der Waals surface area contributed by atoms with E-state index in [1.165, 1.54) is 12.7 Å². The molecule has 0 aliphatic carbocycles. The van der Waals surface area contributed by atoms with Crippen LogP contribution in [0.1, 0.15) is 16.1 Å². The standard InChI is InChI=1S/C12H11N5O/c13-12(10(18)8-4-2-1-3-5-8)9-11(15-6-14-9)16-7-17-12/h1-7H,13H2,(H,14,15)(H,16,17). The van der Waals surface area contributed by atoms with E-state index in [-0.39, 0.29) is 5.78 Å². The van der Waals surface area contributed by atoms with Crippen LogP contribution in [0.4, 0.5) is 5.82 Å². The van der Waals surface area contributed by atoms with E-state index in [4.69, 9.17) is 5.73 Å². The summed E-state index contributed by atoms with van der Waals surface area (Å²) in [4.78, 5) is 23.4. The Morgan fingerprint density at radius 1 is 1.28 bits per heavy atom. The van der Waals surface area contributed by atoms with E-state index in [2.05, 4.69) is 20.3 Å². The molecule has 3 rings (SSSR count). The Labute approximate surface area is 103 Å². The van der Waals surface area contributed by atoms with Crippen molar-refractivity contribution in [1.29, 1.82) is 0 Å². The number of hydrogen-bond donors (Lipinski definition) is 3. The number of fused-ring (bicyclic) bond motifs is 1. The van der Waals surface area contributed by atoms with Crippen LogP contribution in [0.3, 0.4) is 0 Å². The summed E-state index contributed by atoms with van der Waals surface area (Å²) in [5.41, 5.74) is 5.67. The van der Waals surface area contributed by atoms with Crippen LogP contribution in [0.2, 0.25) is 0 Å². The van der Waals surface area contributed by atoms with E-state index in [0.29, 0.717) is 17.1 Å². The minimum absolute atomic E-state index is 0.272. The molecule has 18 heavy (non-hydrogen) atoms. The van der Waals surface area contributed by atoms with Gasteiger partial charge in [-0.25, -0.2) is 9.98 Å². The molecular formula is C12H11N5O. The molecule has 90 valence electrons. The van der Waals surface area contributed by atoms with Crippen LogP contribution in [-0.4, -0.2) is 22.1 Å². The monoisotopic (exact) mass is 241 g/mol. The lowest BCUT2D eigenvalue weighted by Gasteiger charge is -2.26. The van der Waals surface area contributed by atoms with E-state index >= 15 is 0 Å². The van der Waals surface area contributed by atoms with Crippen LogP contribution >= 0.6 is 0 Å². The molecule has 1 atom stereocenters. The first-order valence-corrected chi connectivity index (χ1v) is 5.44. The maximum Gasteiger partial charge on any atom is 0.217 e. The van der Waals surface area contributed by atoms with Crippen molar-refractivity contribution in [1.82, 2.24) is 9.97 Å². The topological polar surface area (TPSA) is 96.2 Å². The Bertz CT molecular complexity index is 618. The molecule has 6 heteroatoms. The third-order valence-corrected chi connectivity index (χ3v) is 2.87. The van der Waals surface area contributed by atoms with Gasteiger partial charge in [-0.3, -0.25) is 10.5 Å². The predicted octanol–water partition coefficient (Wildman–Crippen LogP) is 0.858. The SMILES string of the molecule is NC1(C(=O)c2ccccc2)N=CNc2nc[nH]c21. The van der Waals surface area contributed by atoms with Crippen molar-refractivity contribution in [3.8, 4) is 0 Å². The minimum Gasteiger partial charge on any atom is -0.343 e. The molecular weight excluding hydrogens is 230 g/mol. The molecule has 0 saturated heterocycles. The number of nitrogens with zero attached hydrogens (tertiary/aromatic N) is 2. The maximum absolute atomic E-state index is 12.5. The second-order valence-corrected chi connectivity index (χ2v) is 3.99. The van der Waals surface area contributed by atoms with Gasteiger partial charge in [-0.05, 0) is 0 Å². The number of nitrogens with one attached hydrogen (secondary N) is 2. The van der Waals surface area contributed by atoms with Crippen LogP contribution < -0.4 is 11.1 Å². The molecule has 1 aromatic heterocycles.